The van der Waals surface area contributed by atoms with Gasteiger partial charge in [0, 0.05) is 18.3 Å². The van der Waals surface area contributed by atoms with E-state index in [2.05, 4.69) is 0 Å². The zero-order chi connectivity index (χ0) is 10.6. The fraction of sp³-hybridized carbons (Fsp3) is 1.00. The van der Waals surface area contributed by atoms with Gasteiger partial charge in [0.2, 0.25) is 0 Å². The van der Waals surface area contributed by atoms with Gasteiger partial charge in [0.25, 0.3) is 0 Å². The van der Waals surface area contributed by atoms with E-state index in [0.717, 1.165) is 0 Å². The highest BCUT2D eigenvalue weighted by Gasteiger charge is 2.24. The van der Waals surface area contributed by atoms with E-state index in [1.807, 2.05) is 0 Å². The molecule has 0 radical (unpaired) electrons. The highest BCUT2D eigenvalue weighted by atomic mass is 32.2. The van der Waals surface area contributed by atoms with Gasteiger partial charge in [0.15, 0.2) is 0 Å². The normalized spacial score (nSPS) is 29.0. The van der Waals surface area contributed by atoms with Crippen LogP contribution in [0.15, 0.2) is 0 Å². The number of ether oxygens (including phenoxy) is 1. The van der Waals surface area contributed by atoms with E-state index in [1.165, 1.54) is 0 Å². The van der Waals surface area contributed by atoms with Crippen molar-refractivity contribution in [2.45, 2.75) is 25.9 Å². The smallest absolute Gasteiger partial charge is 0.150 e. The molecule has 0 aromatic heterocycles. The molecule has 0 saturated carbocycles. The minimum atomic E-state index is -2.91. The lowest BCUT2D eigenvalue weighted by Crippen LogP contribution is -2.33. The second-order valence-corrected chi connectivity index (χ2v) is 6.19. The van der Waals surface area contributed by atoms with Crippen LogP contribution in [0.3, 0.4) is 0 Å². The van der Waals surface area contributed by atoms with Crippen molar-refractivity contribution >= 4 is 9.84 Å². The van der Waals surface area contributed by atoms with Gasteiger partial charge in [0.05, 0.1) is 18.5 Å². The molecule has 0 aliphatic carbocycles. The summed E-state index contributed by atoms with van der Waals surface area (Å²) < 4.78 is 27.6. The predicted molar refractivity (Wildman–Crippen MR) is 53.9 cm³/mol. The Bertz CT molecular complexity index is 260. The lowest BCUT2D eigenvalue weighted by Gasteiger charge is -2.27. The van der Waals surface area contributed by atoms with Crippen molar-refractivity contribution in [2.24, 2.45) is 5.92 Å². The SMILES string of the molecule is CCS(=O)(=O)CCC1COCCC1O. The fourth-order valence-electron chi connectivity index (χ4n) is 1.54. The summed E-state index contributed by atoms with van der Waals surface area (Å²) in [6.07, 6.45) is 0.740. The molecule has 1 fully saturated rings. The van der Waals surface area contributed by atoms with E-state index in [4.69, 9.17) is 4.74 Å². The summed E-state index contributed by atoms with van der Waals surface area (Å²) in [6, 6.07) is 0. The van der Waals surface area contributed by atoms with Crippen molar-refractivity contribution in [3.05, 3.63) is 0 Å². The molecule has 2 atom stereocenters. The van der Waals surface area contributed by atoms with E-state index in [0.29, 0.717) is 26.1 Å². The number of aliphatic hydroxyl groups is 1. The van der Waals surface area contributed by atoms with Crippen LogP contribution in [0.1, 0.15) is 19.8 Å². The Hall–Kier alpha value is -0.130. The standard InChI is InChI=1S/C9H18O4S/c1-2-14(11,12)6-4-8-7-13-5-3-9(8)10/h8-10H,2-7H2,1H3. The molecule has 1 aliphatic heterocycles. The fourth-order valence-corrected chi connectivity index (χ4v) is 2.49. The first-order valence-electron chi connectivity index (χ1n) is 5.01. The highest BCUT2D eigenvalue weighted by molar-refractivity contribution is 7.91. The maximum absolute atomic E-state index is 11.2. The van der Waals surface area contributed by atoms with E-state index >= 15 is 0 Å². The maximum atomic E-state index is 11.2. The quantitative estimate of drug-likeness (QED) is 0.738. The van der Waals surface area contributed by atoms with E-state index < -0.39 is 15.9 Å². The van der Waals surface area contributed by atoms with Crippen LogP contribution in [0.25, 0.3) is 0 Å². The van der Waals surface area contributed by atoms with Crippen LogP contribution in [-0.2, 0) is 14.6 Å². The molecule has 0 amide bonds. The monoisotopic (exact) mass is 222 g/mol. The molecule has 1 N–H and O–H groups in total. The van der Waals surface area contributed by atoms with Gasteiger partial charge in [-0.2, -0.15) is 0 Å². The van der Waals surface area contributed by atoms with Crippen molar-refractivity contribution in [3.63, 3.8) is 0 Å². The van der Waals surface area contributed by atoms with Crippen molar-refractivity contribution in [1.29, 1.82) is 0 Å². The molecule has 5 heteroatoms. The number of rotatable bonds is 4. The predicted octanol–water partition coefficient (Wildman–Crippen LogP) is 0.209. The Balaban J connectivity index is 2.36. The molecule has 84 valence electrons. The summed E-state index contributed by atoms with van der Waals surface area (Å²) in [6.45, 7) is 2.71. The number of hydrogen-bond donors (Lipinski definition) is 1. The molecule has 14 heavy (non-hydrogen) atoms. The van der Waals surface area contributed by atoms with Crippen LogP contribution < -0.4 is 0 Å². The summed E-state index contributed by atoms with van der Waals surface area (Å²) in [4.78, 5) is 0. The van der Waals surface area contributed by atoms with Gasteiger partial charge >= 0.3 is 0 Å². The lowest BCUT2D eigenvalue weighted by atomic mass is 9.96. The third-order valence-corrected chi connectivity index (χ3v) is 4.41. The molecule has 1 aliphatic rings. The largest absolute Gasteiger partial charge is 0.393 e. The van der Waals surface area contributed by atoms with Crippen LogP contribution in [0.2, 0.25) is 0 Å². The summed E-state index contributed by atoms with van der Waals surface area (Å²) in [5.74, 6) is 0.329. The van der Waals surface area contributed by atoms with Crippen LogP contribution in [0.5, 0.6) is 0 Å². The number of hydrogen-bond acceptors (Lipinski definition) is 4. The number of sulfone groups is 1. The van der Waals surface area contributed by atoms with Crippen molar-refractivity contribution < 1.29 is 18.3 Å². The third-order valence-electron chi connectivity index (χ3n) is 2.67. The Kier molecular flexibility index (Phi) is 4.34. The minimum Gasteiger partial charge on any atom is -0.393 e. The van der Waals surface area contributed by atoms with Gasteiger partial charge in [-0.25, -0.2) is 8.42 Å². The van der Waals surface area contributed by atoms with Crippen molar-refractivity contribution in [1.82, 2.24) is 0 Å². The van der Waals surface area contributed by atoms with Gasteiger partial charge < -0.3 is 9.84 Å². The van der Waals surface area contributed by atoms with E-state index in [1.54, 1.807) is 6.92 Å². The van der Waals surface area contributed by atoms with Crippen molar-refractivity contribution in [2.75, 3.05) is 24.7 Å². The van der Waals surface area contributed by atoms with Crippen LogP contribution in [-0.4, -0.2) is 44.3 Å². The second kappa shape index (κ2) is 5.09. The molecule has 1 rings (SSSR count). The van der Waals surface area contributed by atoms with Gasteiger partial charge in [-0.15, -0.1) is 0 Å². The van der Waals surface area contributed by atoms with Crippen LogP contribution >= 0.6 is 0 Å². The molecule has 0 aromatic carbocycles. The topological polar surface area (TPSA) is 63.6 Å². The molecule has 0 aromatic rings. The summed E-state index contributed by atoms with van der Waals surface area (Å²) >= 11 is 0. The molecule has 1 heterocycles. The Labute approximate surface area is 85.2 Å². The average Bonchev–Trinajstić information content (AvgIpc) is 2.17. The first-order chi connectivity index (χ1) is 6.55. The molecule has 1 saturated heterocycles. The molecule has 4 nitrogen and oxygen atoms in total. The van der Waals surface area contributed by atoms with Gasteiger partial charge in [-0.05, 0) is 12.8 Å². The maximum Gasteiger partial charge on any atom is 0.150 e. The van der Waals surface area contributed by atoms with Crippen LogP contribution in [0, 0.1) is 5.92 Å². The highest BCUT2D eigenvalue weighted by Crippen LogP contribution is 2.18. The Morgan fingerprint density at radius 3 is 2.79 bits per heavy atom. The second-order valence-electron chi connectivity index (χ2n) is 3.72. The molecule has 2 unspecified atom stereocenters. The van der Waals surface area contributed by atoms with Gasteiger partial charge in [-0.3, -0.25) is 0 Å². The van der Waals surface area contributed by atoms with E-state index in [9.17, 15) is 13.5 Å². The molecule has 0 bridgehead atoms. The van der Waals surface area contributed by atoms with Crippen molar-refractivity contribution in [3.8, 4) is 0 Å². The average molecular weight is 222 g/mol. The molecular weight excluding hydrogens is 204 g/mol. The van der Waals surface area contributed by atoms with Gasteiger partial charge in [0.1, 0.15) is 9.84 Å². The summed E-state index contributed by atoms with van der Waals surface area (Å²) in [7, 11) is -2.91. The third kappa shape index (κ3) is 3.55. The zero-order valence-corrected chi connectivity index (χ0v) is 9.29. The zero-order valence-electron chi connectivity index (χ0n) is 8.48. The van der Waals surface area contributed by atoms with Crippen LogP contribution in [0.4, 0.5) is 0 Å². The molecule has 0 spiro atoms. The Morgan fingerprint density at radius 1 is 1.50 bits per heavy atom. The van der Waals surface area contributed by atoms with E-state index in [-0.39, 0.29) is 17.4 Å². The minimum absolute atomic E-state index is 0.00919. The first-order valence-corrected chi connectivity index (χ1v) is 6.83. The lowest BCUT2D eigenvalue weighted by molar-refractivity contribution is -0.0361. The first kappa shape index (κ1) is 11.9. The summed E-state index contributed by atoms with van der Waals surface area (Å²) in [5.41, 5.74) is 0. The molecular formula is C9H18O4S. The Morgan fingerprint density at radius 2 is 2.21 bits per heavy atom. The summed E-state index contributed by atoms with van der Waals surface area (Å²) in [5, 5.41) is 9.56. The van der Waals surface area contributed by atoms with Gasteiger partial charge in [-0.1, -0.05) is 6.92 Å². The number of aliphatic hydroxyl groups excluding tert-OH is 1.